The molecular weight excluding hydrogens is 396 g/mol. The second-order valence-corrected chi connectivity index (χ2v) is 9.46. The highest BCUT2D eigenvalue weighted by Gasteiger charge is 2.47. The number of likely N-dealkylation sites (N-methyl/N-ethyl adjacent to an activating group) is 1. The Morgan fingerprint density at radius 3 is 2.58 bits per heavy atom. The summed E-state index contributed by atoms with van der Waals surface area (Å²) in [5.41, 5.74) is 1.81. The number of hydrogen-bond donors (Lipinski definition) is 2. The Hall–Kier alpha value is -2.74. The van der Waals surface area contributed by atoms with Gasteiger partial charge in [-0.15, -0.1) is 0 Å². The van der Waals surface area contributed by atoms with Crippen LogP contribution in [0.5, 0.6) is 0 Å². The zero-order valence-corrected chi connectivity index (χ0v) is 17.8. The second kappa shape index (κ2) is 7.44. The van der Waals surface area contributed by atoms with Crippen LogP contribution in [0.15, 0.2) is 18.2 Å². The summed E-state index contributed by atoms with van der Waals surface area (Å²) in [7, 11) is 1.40. The zero-order valence-electron chi connectivity index (χ0n) is 17.8. The van der Waals surface area contributed by atoms with E-state index in [0.717, 1.165) is 29.4 Å². The number of piperidine rings is 2. The van der Waals surface area contributed by atoms with E-state index in [1.807, 2.05) is 6.07 Å². The van der Waals surface area contributed by atoms with Crippen LogP contribution >= 0.6 is 0 Å². The summed E-state index contributed by atoms with van der Waals surface area (Å²) in [6.07, 6.45) is 5.19. The molecule has 1 atom stereocenters. The third-order valence-electron chi connectivity index (χ3n) is 7.57. The molecule has 2 saturated heterocycles. The molecule has 5 rings (SSSR count). The van der Waals surface area contributed by atoms with E-state index in [2.05, 4.69) is 10.6 Å². The quantitative estimate of drug-likeness (QED) is 0.713. The molecule has 1 aromatic carbocycles. The number of carbonyl (C=O) groups is 4. The highest BCUT2D eigenvalue weighted by Crippen LogP contribution is 2.51. The standard InChI is InChI=1S/C23H28N4O4/c1-26-18(28)6-5-17(21(26)30)27-20(29)15-3-2-4-16(19(15)22(27)31)25-13-14-11-23(12-14)7-9-24-10-8-23/h2-4,14,17,24-25H,5-13H2,1H3. The molecule has 1 unspecified atom stereocenters. The molecule has 8 nitrogen and oxygen atoms in total. The minimum Gasteiger partial charge on any atom is -0.384 e. The smallest absolute Gasteiger partial charge is 0.264 e. The topological polar surface area (TPSA) is 98.8 Å². The van der Waals surface area contributed by atoms with Crippen molar-refractivity contribution in [1.29, 1.82) is 0 Å². The van der Waals surface area contributed by atoms with Crippen molar-refractivity contribution in [2.24, 2.45) is 11.3 Å². The van der Waals surface area contributed by atoms with Crippen molar-refractivity contribution in [3.05, 3.63) is 29.3 Å². The fourth-order valence-electron chi connectivity index (χ4n) is 5.80. The first-order valence-corrected chi connectivity index (χ1v) is 11.2. The van der Waals surface area contributed by atoms with Crippen LogP contribution in [0.3, 0.4) is 0 Å². The van der Waals surface area contributed by atoms with Gasteiger partial charge in [0.15, 0.2) is 0 Å². The maximum atomic E-state index is 13.2. The van der Waals surface area contributed by atoms with E-state index in [-0.39, 0.29) is 18.7 Å². The van der Waals surface area contributed by atoms with Gasteiger partial charge < -0.3 is 10.6 Å². The lowest BCUT2D eigenvalue weighted by Crippen LogP contribution is -2.54. The van der Waals surface area contributed by atoms with Crippen molar-refractivity contribution < 1.29 is 19.2 Å². The lowest BCUT2D eigenvalue weighted by atomic mass is 9.58. The van der Waals surface area contributed by atoms with Gasteiger partial charge in [0.25, 0.3) is 17.7 Å². The largest absolute Gasteiger partial charge is 0.384 e. The van der Waals surface area contributed by atoms with Crippen LogP contribution in [-0.2, 0) is 9.59 Å². The number of amides is 4. The van der Waals surface area contributed by atoms with E-state index in [1.54, 1.807) is 12.1 Å². The number of carbonyl (C=O) groups excluding carboxylic acids is 4. The molecule has 8 heteroatoms. The molecule has 164 valence electrons. The van der Waals surface area contributed by atoms with Gasteiger partial charge in [-0.1, -0.05) is 6.07 Å². The molecule has 0 radical (unpaired) electrons. The Labute approximate surface area is 181 Å². The molecule has 1 aromatic rings. The number of benzene rings is 1. The summed E-state index contributed by atoms with van der Waals surface area (Å²) in [5, 5.41) is 6.83. The van der Waals surface area contributed by atoms with Gasteiger partial charge in [-0.05, 0) is 68.7 Å². The lowest BCUT2D eigenvalue weighted by Gasteiger charge is -2.50. The van der Waals surface area contributed by atoms with E-state index in [4.69, 9.17) is 0 Å². The molecule has 1 saturated carbocycles. The summed E-state index contributed by atoms with van der Waals surface area (Å²) in [6.45, 7) is 2.96. The van der Waals surface area contributed by atoms with Crippen molar-refractivity contribution >= 4 is 29.3 Å². The Balaban J connectivity index is 1.30. The van der Waals surface area contributed by atoms with Gasteiger partial charge in [0.1, 0.15) is 6.04 Å². The third kappa shape index (κ3) is 3.24. The molecule has 0 bridgehead atoms. The van der Waals surface area contributed by atoms with Crippen LogP contribution in [0.1, 0.15) is 59.2 Å². The minimum atomic E-state index is -0.922. The Morgan fingerprint density at radius 2 is 1.84 bits per heavy atom. The summed E-state index contributed by atoms with van der Waals surface area (Å²) >= 11 is 0. The summed E-state index contributed by atoms with van der Waals surface area (Å²) < 4.78 is 0. The number of rotatable bonds is 4. The molecule has 2 N–H and O–H groups in total. The SMILES string of the molecule is CN1C(=O)CCC(N2C(=O)c3cccc(NCC4CC5(CCNCC5)C4)c3C2=O)C1=O. The number of fused-ring (bicyclic) bond motifs is 1. The maximum Gasteiger partial charge on any atom is 0.264 e. The molecular formula is C23H28N4O4. The van der Waals surface area contributed by atoms with Crippen LogP contribution in [0.2, 0.25) is 0 Å². The van der Waals surface area contributed by atoms with Crippen molar-refractivity contribution in [2.45, 2.75) is 44.6 Å². The molecule has 4 aliphatic rings. The van der Waals surface area contributed by atoms with Crippen LogP contribution in [0.4, 0.5) is 5.69 Å². The fourth-order valence-corrected chi connectivity index (χ4v) is 5.80. The normalized spacial score (nSPS) is 25.8. The molecule has 1 aliphatic carbocycles. The van der Waals surface area contributed by atoms with Crippen LogP contribution in [-0.4, -0.2) is 66.2 Å². The summed E-state index contributed by atoms with van der Waals surface area (Å²) in [5.74, 6) is -1.12. The Bertz CT molecular complexity index is 960. The van der Waals surface area contributed by atoms with Gasteiger partial charge in [0, 0.05) is 25.7 Å². The maximum absolute atomic E-state index is 13.2. The predicted octanol–water partition coefficient (Wildman–Crippen LogP) is 1.62. The Kier molecular flexibility index (Phi) is 4.84. The number of anilines is 1. The van der Waals surface area contributed by atoms with Crippen molar-refractivity contribution in [3.8, 4) is 0 Å². The average Bonchev–Trinajstić information content (AvgIpc) is 3.01. The highest BCUT2D eigenvalue weighted by molar-refractivity contribution is 6.25. The number of nitrogens with zero attached hydrogens (tertiary/aromatic N) is 2. The first kappa shape index (κ1) is 20.2. The molecule has 1 spiro atoms. The van der Waals surface area contributed by atoms with Gasteiger partial charge in [0.05, 0.1) is 11.1 Å². The van der Waals surface area contributed by atoms with E-state index in [0.29, 0.717) is 28.1 Å². The molecule has 3 aliphatic heterocycles. The van der Waals surface area contributed by atoms with E-state index in [9.17, 15) is 19.2 Å². The first-order chi connectivity index (χ1) is 14.9. The van der Waals surface area contributed by atoms with Gasteiger partial charge in [-0.2, -0.15) is 0 Å². The zero-order chi connectivity index (χ0) is 21.8. The van der Waals surface area contributed by atoms with Gasteiger partial charge in [-0.3, -0.25) is 29.0 Å². The van der Waals surface area contributed by atoms with Gasteiger partial charge in [0.2, 0.25) is 5.91 Å². The van der Waals surface area contributed by atoms with Crippen molar-refractivity contribution in [3.63, 3.8) is 0 Å². The summed E-state index contributed by atoms with van der Waals surface area (Å²) in [4.78, 5) is 52.7. The number of nitrogens with one attached hydrogen (secondary N) is 2. The van der Waals surface area contributed by atoms with E-state index >= 15 is 0 Å². The molecule has 0 aromatic heterocycles. The number of likely N-dealkylation sites (tertiary alicyclic amines) is 1. The minimum absolute atomic E-state index is 0.143. The fraction of sp³-hybridized carbons (Fsp3) is 0.565. The van der Waals surface area contributed by atoms with Crippen molar-refractivity contribution in [1.82, 2.24) is 15.1 Å². The lowest BCUT2D eigenvalue weighted by molar-refractivity contribution is -0.149. The van der Waals surface area contributed by atoms with Gasteiger partial charge in [-0.25, -0.2) is 0 Å². The first-order valence-electron chi connectivity index (χ1n) is 11.2. The second-order valence-electron chi connectivity index (χ2n) is 9.46. The molecule has 4 amide bonds. The van der Waals surface area contributed by atoms with Crippen LogP contribution < -0.4 is 10.6 Å². The Morgan fingerprint density at radius 1 is 1.10 bits per heavy atom. The monoisotopic (exact) mass is 424 g/mol. The van der Waals surface area contributed by atoms with Crippen molar-refractivity contribution in [2.75, 3.05) is 32.0 Å². The van der Waals surface area contributed by atoms with E-state index < -0.39 is 23.8 Å². The van der Waals surface area contributed by atoms with Gasteiger partial charge >= 0.3 is 0 Å². The van der Waals surface area contributed by atoms with E-state index in [1.165, 1.54) is 32.7 Å². The van der Waals surface area contributed by atoms with Crippen LogP contribution in [0.25, 0.3) is 0 Å². The summed E-state index contributed by atoms with van der Waals surface area (Å²) in [6, 6.07) is 4.30. The molecule has 3 heterocycles. The molecule has 31 heavy (non-hydrogen) atoms. The third-order valence-corrected chi connectivity index (χ3v) is 7.57. The molecule has 3 fully saturated rings. The number of hydrogen-bond acceptors (Lipinski definition) is 6. The predicted molar refractivity (Wildman–Crippen MR) is 113 cm³/mol. The number of imide groups is 2. The van der Waals surface area contributed by atoms with Crippen LogP contribution in [0, 0.1) is 11.3 Å². The highest BCUT2D eigenvalue weighted by atomic mass is 16.2. The average molecular weight is 425 g/mol.